The zero-order valence-corrected chi connectivity index (χ0v) is 11.3. The molecule has 1 aromatic carbocycles. The van der Waals surface area contributed by atoms with Crippen LogP contribution in [0.25, 0.3) is 0 Å². The van der Waals surface area contributed by atoms with Crippen molar-refractivity contribution < 1.29 is 14.7 Å². The molecule has 0 aliphatic carbocycles. The molecule has 0 saturated carbocycles. The van der Waals surface area contributed by atoms with Crippen LogP contribution in [0.4, 0.5) is 10.5 Å². The largest absolute Gasteiger partial charge is 0.392 e. The Labute approximate surface area is 116 Å². The minimum Gasteiger partial charge on any atom is -0.392 e. The van der Waals surface area contributed by atoms with Gasteiger partial charge in [-0.25, -0.2) is 0 Å². The summed E-state index contributed by atoms with van der Waals surface area (Å²) in [7, 11) is 0. The number of hydrogen-bond acceptors (Lipinski definition) is 4. The number of thioether (sulfide) groups is 1. The van der Waals surface area contributed by atoms with Crippen LogP contribution in [0.2, 0.25) is 0 Å². The number of nitrogens with one attached hydrogen (secondary N) is 1. The topological polar surface area (TPSA) is 69.6 Å². The van der Waals surface area contributed by atoms with E-state index < -0.39 is 0 Å². The molecule has 102 valence electrons. The summed E-state index contributed by atoms with van der Waals surface area (Å²) >= 11 is 1.30. The average molecular weight is 280 g/mol. The van der Waals surface area contributed by atoms with Crippen molar-refractivity contribution in [3.8, 4) is 0 Å². The van der Waals surface area contributed by atoms with Crippen molar-refractivity contribution in [2.75, 3.05) is 24.2 Å². The van der Waals surface area contributed by atoms with Gasteiger partial charge in [0.1, 0.15) is 0 Å². The zero-order valence-electron chi connectivity index (χ0n) is 10.5. The Morgan fingerprint density at radius 2 is 2.11 bits per heavy atom. The molecule has 1 aromatic rings. The van der Waals surface area contributed by atoms with Gasteiger partial charge in [-0.05, 0) is 17.7 Å². The number of aliphatic hydroxyl groups excluding tert-OH is 1. The van der Waals surface area contributed by atoms with Crippen molar-refractivity contribution >= 4 is 28.6 Å². The molecule has 19 heavy (non-hydrogen) atoms. The van der Waals surface area contributed by atoms with E-state index in [0.717, 1.165) is 17.9 Å². The van der Waals surface area contributed by atoms with Gasteiger partial charge in [-0.15, -0.1) is 0 Å². The number of anilines is 1. The number of nitrogens with zero attached hydrogens (tertiary/aromatic N) is 1. The Morgan fingerprint density at radius 1 is 1.37 bits per heavy atom. The third-order valence-electron chi connectivity index (χ3n) is 2.87. The highest BCUT2D eigenvalue weighted by Gasteiger charge is 2.21. The molecule has 6 heteroatoms. The van der Waals surface area contributed by atoms with E-state index in [-0.39, 0.29) is 17.8 Å². The first-order valence-corrected chi connectivity index (χ1v) is 7.09. The minimum atomic E-state index is -0.110. The van der Waals surface area contributed by atoms with Crippen LogP contribution < -0.4 is 5.32 Å². The Balaban J connectivity index is 1.78. The molecule has 2 amide bonds. The normalized spacial score (nSPS) is 14.8. The number of rotatable bonds is 5. The second kappa shape index (κ2) is 6.58. The Morgan fingerprint density at radius 3 is 2.68 bits per heavy atom. The molecule has 1 saturated heterocycles. The molecular formula is C13H16N2O3S. The molecule has 0 aromatic heterocycles. The number of carbonyl (C=O) groups is 2. The number of hydrogen-bond donors (Lipinski definition) is 2. The number of benzene rings is 1. The van der Waals surface area contributed by atoms with Gasteiger partial charge < -0.3 is 15.3 Å². The third-order valence-corrected chi connectivity index (χ3v) is 3.77. The van der Waals surface area contributed by atoms with Gasteiger partial charge >= 0.3 is 0 Å². The third kappa shape index (κ3) is 3.97. The van der Waals surface area contributed by atoms with Crippen molar-refractivity contribution in [2.45, 2.75) is 13.0 Å². The molecule has 0 unspecified atom stereocenters. The van der Waals surface area contributed by atoms with E-state index in [1.165, 1.54) is 11.8 Å². The van der Waals surface area contributed by atoms with E-state index in [2.05, 4.69) is 5.32 Å². The van der Waals surface area contributed by atoms with Crippen LogP contribution >= 0.6 is 11.8 Å². The lowest BCUT2D eigenvalue weighted by molar-refractivity contribution is -0.116. The maximum absolute atomic E-state index is 11.7. The van der Waals surface area contributed by atoms with Crippen molar-refractivity contribution in [3.63, 3.8) is 0 Å². The van der Waals surface area contributed by atoms with Crippen LogP contribution in [0.3, 0.4) is 0 Å². The van der Waals surface area contributed by atoms with E-state index in [1.807, 2.05) is 0 Å². The number of aliphatic hydroxyl groups is 1. The minimum absolute atomic E-state index is 0.0109. The smallest absolute Gasteiger partial charge is 0.281 e. The average Bonchev–Trinajstić information content (AvgIpc) is 2.83. The molecule has 2 N–H and O–H groups in total. The van der Waals surface area contributed by atoms with Crippen LogP contribution in [0.15, 0.2) is 24.3 Å². The highest BCUT2D eigenvalue weighted by atomic mass is 32.2. The van der Waals surface area contributed by atoms with E-state index in [1.54, 1.807) is 29.2 Å². The first kappa shape index (κ1) is 13.9. The predicted octanol–water partition coefficient (Wildman–Crippen LogP) is 1.68. The summed E-state index contributed by atoms with van der Waals surface area (Å²) in [4.78, 5) is 24.8. The first-order valence-electron chi connectivity index (χ1n) is 6.10. The molecular weight excluding hydrogens is 264 g/mol. The summed E-state index contributed by atoms with van der Waals surface area (Å²) in [6.07, 6.45) is 0.300. The van der Waals surface area contributed by atoms with Crippen LogP contribution in [0.1, 0.15) is 12.0 Å². The van der Waals surface area contributed by atoms with E-state index in [0.29, 0.717) is 18.7 Å². The second-order valence-electron chi connectivity index (χ2n) is 4.25. The summed E-state index contributed by atoms with van der Waals surface area (Å²) in [5.41, 5.74) is 1.50. The molecule has 1 aliphatic heterocycles. The summed E-state index contributed by atoms with van der Waals surface area (Å²) < 4.78 is 0. The van der Waals surface area contributed by atoms with Crippen molar-refractivity contribution in [2.24, 2.45) is 0 Å². The number of amides is 2. The highest BCUT2D eigenvalue weighted by molar-refractivity contribution is 8.13. The summed E-state index contributed by atoms with van der Waals surface area (Å²) in [5.74, 6) is 0.699. The molecule has 1 aliphatic rings. The fourth-order valence-corrected chi connectivity index (χ4v) is 2.63. The summed E-state index contributed by atoms with van der Waals surface area (Å²) in [6, 6.07) is 7.02. The molecule has 1 fully saturated rings. The molecule has 0 spiro atoms. The fraction of sp³-hybridized carbons (Fsp3) is 0.385. The van der Waals surface area contributed by atoms with Gasteiger partial charge in [0, 0.05) is 31.0 Å². The van der Waals surface area contributed by atoms with Gasteiger partial charge in [-0.1, -0.05) is 23.9 Å². The number of carbonyl (C=O) groups excluding carboxylic acids is 2. The lowest BCUT2D eigenvalue weighted by Crippen LogP contribution is -2.27. The summed E-state index contributed by atoms with van der Waals surface area (Å²) in [6.45, 7) is 1.18. The second-order valence-corrected chi connectivity index (χ2v) is 5.30. The van der Waals surface area contributed by atoms with Gasteiger partial charge in [0.2, 0.25) is 5.91 Å². The van der Waals surface area contributed by atoms with Gasteiger partial charge in [0.25, 0.3) is 5.24 Å². The van der Waals surface area contributed by atoms with Crippen LogP contribution in [0, 0.1) is 0 Å². The van der Waals surface area contributed by atoms with Crippen LogP contribution in [0.5, 0.6) is 0 Å². The molecule has 0 atom stereocenters. The quantitative estimate of drug-likeness (QED) is 0.861. The van der Waals surface area contributed by atoms with Crippen molar-refractivity contribution in [1.82, 2.24) is 4.90 Å². The standard InChI is InChI=1S/C13H16N2O3S/c16-9-10-1-3-11(4-2-10)14-12(17)5-6-15-7-8-19-13(15)18/h1-4,16H,5-9H2,(H,14,17). The lowest BCUT2D eigenvalue weighted by Gasteiger charge is -2.13. The monoisotopic (exact) mass is 280 g/mol. The zero-order chi connectivity index (χ0) is 13.7. The van der Waals surface area contributed by atoms with Crippen LogP contribution in [-0.4, -0.2) is 40.0 Å². The Hall–Kier alpha value is -1.53. The molecule has 2 rings (SSSR count). The molecule has 1 heterocycles. The molecule has 0 radical (unpaired) electrons. The Bertz CT molecular complexity index is 461. The Kier molecular flexibility index (Phi) is 4.81. The van der Waals surface area contributed by atoms with Gasteiger partial charge in [-0.2, -0.15) is 0 Å². The highest BCUT2D eigenvalue weighted by Crippen LogP contribution is 2.17. The van der Waals surface area contributed by atoms with Crippen LogP contribution in [-0.2, 0) is 11.4 Å². The van der Waals surface area contributed by atoms with Gasteiger partial charge in [-0.3, -0.25) is 9.59 Å². The predicted molar refractivity (Wildman–Crippen MR) is 75.0 cm³/mol. The maximum atomic E-state index is 11.7. The van der Waals surface area contributed by atoms with E-state index >= 15 is 0 Å². The molecule has 5 nitrogen and oxygen atoms in total. The lowest BCUT2D eigenvalue weighted by atomic mass is 10.2. The first-order chi connectivity index (χ1) is 9.19. The molecule has 0 bridgehead atoms. The van der Waals surface area contributed by atoms with E-state index in [4.69, 9.17) is 5.11 Å². The van der Waals surface area contributed by atoms with Crippen molar-refractivity contribution in [3.05, 3.63) is 29.8 Å². The SMILES string of the molecule is O=C(CCN1CCSC1=O)Nc1ccc(CO)cc1. The van der Waals surface area contributed by atoms with Gasteiger partial charge in [0.15, 0.2) is 0 Å². The van der Waals surface area contributed by atoms with E-state index in [9.17, 15) is 9.59 Å². The maximum Gasteiger partial charge on any atom is 0.281 e. The van der Waals surface area contributed by atoms with Gasteiger partial charge in [0.05, 0.1) is 6.61 Å². The fourth-order valence-electron chi connectivity index (χ4n) is 1.78. The summed E-state index contributed by atoms with van der Waals surface area (Å²) in [5, 5.41) is 11.7. The van der Waals surface area contributed by atoms with Crippen molar-refractivity contribution in [1.29, 1.82) is 0 Å².